The Morgan fingerprint density at radius 3 is 2.94 bits per heavy atom. The fraction of sp³-hybridized carbons (Fsp3) is 0.520. The number of nitrogens with one attached hydrogen (secondary N) is 1. The highest BCUT2D eigenvalue weighted by Crippen LogP contribution is 2.54. The molecular weight excluding hydrogens is 451 g/mol. The van der Waals surface area contributed by atoms with Crippen LogP contribution in [-0.2, 0) is 9.53 Å². The number of hydrogen-bond acceptors (Lipinski definition) is 8. The molecule has 3 fully saturated rings. The second-order valence-electron chi connectivity index (χ2n) is 9.22. The van der Waals surface area contributed by atoms with Crippen LogP contribution in [0.1, 0.15) is 12.0 Å². The number of halogens is 1. The maximum absolute atomic E-state index is 13.3. The van der Waals surface area contributed by atoms with Gasteiger partial charge >= 0.3 is 6.01 Å². The van der Waals surface area contributed by atoms with Crippen LogP contribution in [0.5, 0.6) is 6.01 Å². The van der Waals surface area contributed by atoms with Gasteiger partial charge in [0.25, 0.3) is 0 Å². The summed E-state index contributed by atoms with van der Waals surface area (Å²) in [5.41, 5.74) is 0.907. The van der Waals surface area contributed by atoms with Crippen molar-refractivity contribution in [2.45, 2.75) is 12.8 Å². The van der Waals surface area contributed by atoms with E-state index in [9.17, 15) is 9.18 Å². The molecule has 0 bridgehead atoms. The third-order valence-electron chi connectivity index (χ3n) is 6.95. The summed E-state index contributed by atoms with van der Waals surface area (Å²) in [4.78, 5) is 29.1. The molecule has 3 aliphatic rings. The lowest BCUT2D eigenvalue weighted by atomic mass is 10.2. The van der Waals surface area contributed by atoms with Crippen molar-refractivity contribution in [1.82, 2.24) is 25.2 Å². The topological polar surface area (TPSA) is 92.7 Å². The average molecular weight is 483 g/mol. The van der Waals surface area contributed by atoms with Crippen LogP contribution in [0, 0.1) is 17.8 Å². The van der Waals surface area contributed by atoms with Crippen molar-refractivity contribution < 1.29 is 18.7 Å². The molecule has 2 aromatic rings. The smallest absolute Gasteiger partial charge is 0.318 e. The normalized spacial score (nSPS) is 26.0. The van der Waals surface area contributed by atoms with E-state index in [1.165, 1.54) is 0 Å². The van der Waals surface area contributed by atoms with Gasteiger partial charge in [-0.1, -0.05) is 6.07 Å². The lowest BCUT2D eigenvalue weighted by molar-refractivity contribution is -0.116. The number of morpholine rings is 1. The van der Waals surface area contributed by atoms with E-state index in [-0.39, 0.29) is 12.5 Å². The Morgan fingerprint density at radius 2 is 2.14 bits per heavy atom. The highest BCUT2D eigenvalue weighted by atomic mass is 19.1. The molecule has 2 aromatic heterocycles. The summed E-state index contributed by atoms with van der Waals surface area (Å²) in [5, 5.41) is 2.98. The molecule has 3 atom stereocenters. The van der Waals surface area contributed by atoms with E-state index in [0.29, 0.717) is 56.6 Å². The number of amides is 1. The predicted octanol–water partition coefficient (Wildman–Crippen LogP) is 1.78. The number of nitrogens with zero attached hydrogens (tertiary/aromatic N) is 5. The van der Waals surface area contributed by atoms with Gasteiger partial charge in [0.2, 0.25) is 12.3 Å². The Bertz CT molecular complexity index is 1010. The molecular formula is C25H31FN6O3. The van der Waals surface area contributed by atoms with Gasteiger partial charge in [0, 0.05) is 57.4 Å². The summed E-state index contributed by atoms with van der Waals surface area (Å²) in [6, 6.07) is 6.02. The molecule has 1 N–H and O–H groups in total. The zero-order chi connectivity index (χ0) is 24.0. The second-order valence-corrected chi connectivity index (χ2v) is 9.22. The van der Waals surface area contributed by atoms with Crippen LogP contribution in [0.2, 0.25) is 0 Å². The largest absolute Gasteiger partial charge is 0.462 e. The van der Waals surface area contributed by atoms with Gasteiger partial charge in [0.05, 0.1) is 13.2 Å². The minimum absolute atomic E-state index is 0.0760. The molecule has 5 rings (SSSR count). The highest BCUT2D eigenvalue weighted by Gasteiger charge is 2.55. The fourth-order valence-electron chi connectivity index (χ4n) is 5.04. The molecule has 1 amide bonds. The van der Waals surface area contributed by atoms with E-state index in [4.69, 9.17) is 9.47 Å². The van der Waals surface area contributed by atoms with Gasteiger partial charge in [-0.05, 0) is 47.9 Å². The maximum Gasteiger partial charge on any atom is 0.318 e. The third-order valence-corrected chi connectivity index (χ3v) is 6.95. The van der Waals surface area contributed by atoms with E-state index in [1.807, 2.05) is 23.1 Å². The van der Waals surface area contributed by atoms with Gasteiger partial charge < -0.3 is 19.7 Å². The molecule has 9 nitrogen and oxygen atoms in total. The Kier molecular flexibility index (Phi) is 7.48. The standard InChI is InChI=1S/C25H31FN6O3/c26-22-17-31(10-12-34-22)11-13-35-25-29-9-6-23(30-25)32-15-20-19(21(20)16-32)5-8-28-24(33)4-3-18-2-1-7-27-14-18/h1-4,6-7,9,14,19-22H,5,8,10-13,15-17H2,(H,28,33)/b4-3+. The van der Waals surface area contributed by atoms with Crippen molar-refractivity contribution >= 4 is 17.8 Å². The van der Waals surface area contributed by atoms with Crippen LogP contribution in [0.25, 0.3) is 6.08 Å². The molecule has 2 aliphatic heterocycles. The molecule has 4 heterocycles. The molecule has 3 unspecified atom stereocenters. The molecule has 1 aliphatic carbocycles. The third kappa shape index (κ3) is 6.32. The van der Waals surface area contributed by atoms with E-state index < -0.39 is 6.36 Å². The lowest BCUT2D eigenvalue weighted by Gasteiger charge is -2.28. The number of hydrogen-bond donors (Lipinski definition) is 1. The maximum atomic E-state index is 13.3. The van der Waals surface area contributed by atoms with Crippen molar-refractivity contribution in [1.29, 1.82) is 0 Å². The zero-order valence-electron chi connectivity index (χ0n) is 19.6. The molecule has 0 aromatic carbocycles. The van der Waals surface area contributed by atoms with Gasteiger partial charge in [-0.15, -0.1) is 0 Å². The van der Waals surface area contributed by atoms with Crippen LogP contribution in [0.3, 0.4) is 0 Å². The van der Waals surface area contributed by atoms with Gasteiger partial charge in [-0.25, -0.2) is 9.37 Å². The summed E-state index contributed by atoms with van der Waals surface area (Å²) in [7, 11) is 0. The monoisotopic (exact) mass is 482 g/mol. The minimum Gasteiger partial charge on any atom is -0.462 e. The first-order valence-corrected chi connectivity index (χ1v) is 12.2. The molecule has 0 spiro atoms. The first-order chi connectivity index (χ1) is 17.2. The average Bonchev–Trinajstić information content (AvgIpc) is 3.31. The number of carbonyl (C=O) groups excluding carboxylic acids is 1. The van der Waals surface area contributed by atoms with Crippen molar-refractivity contribution in [3.8, 4) is 6.01 Å². The lowest BCUT2D eigenvalue weighted by Crippen LogP contribution is -2.42. The SMILES string of the molecule is O=C(/C=C/c1cccnc1)NCCC1C2CN(c3ccnc(OCCN4CCOC(F)C4)n3)CC12. The van der Waals surface area contributed by atoms with Gasteiger partial charge in [-0.3, -0.25) is 14.7 Å². The summed E-state index contributed by atoms with van der Waals surface area (Å²) >= 11 is 0. The first kappa shape index (κ1) is 23.6. The molecule has 186 valence electrons. The summed E-state index contributed by atoms with van der Waals surface area (Å²) in [6.07, 6.45) is 8.25. The van der Waals surface area contributed by atoms with Crippen molar-refractivity contribution in [3.63, 3.8) is 0 Å². The predicted molar refractivity (Wildman–Crippen MR) is 128 cm³/mol. The van der Waals surface area contributed by atoms with E-state index in [0.717, 1.165) is 30.9 Å². The minimum atomic E-state index is -1.22. The summed E-state index contributed by atoms with van der Waals surface area (Å²) in [6.45, 7) is 5.02. The Hall–Kier alpha value is -3.11. The Labute approximate surface area is 204 Å². The number of aromatic nitrogens is 3. The number of alkyl halides is 1. The molecule has 2 saturated heterocycles. The van der Waals surface area contributed by atoms with Crippen molar-refractivity contribution in [2.75, 3.05) is 57.4 Å². The van der Waals surface area contributed by atoms with Crippen molar-refractivity contribution in [2.24, 2.45) is 17.8 Å². The number of carbonyl (C=O) groups is 1. The van der Waals surface area contributed by atoms with Crippen LogP contribution >= 0.6 is 0 Å². The molecule has 0 radical (unpaired) electrons. The summed E-state index contributed by atoms with van der Waals surface area (Å²) < 4.78 is 24.0. The Balaban J connectivity index is 1.00. The van der Waals surface area contributed by atoms with Crippen LogP contribution in [-0.4, -0.2) is 84.6 Å². The quantitative estimate of drug-likeness (QED) is 0.513. The second kappa shape index (κ2) is 11.1. The van der Waals surface area contributed by atoms with E-state index >= 15 is 0 Å². The Morgan fingerprint density at radius 1 is 1.26 bits per heavy atom. The first-order valence-electron chi connectivity index (χ1n) is 12.2. The number of anilines is 1. The van der Waals surface area contributed by atoms with Gasteiger partial charge in [-0.2, -0.15) is 4.98 Å². The molecule has 35 heavy (non-hydrogen) atoms. The van der Waals surface area contributed by atoms with Crippen LogP contribution in [0.15, 0.2) is 42.9 Å². The zero-order valence-corrected chi connectivity index (χ0v) is 19.6. The highest BCUT2D eigenvalue weighted by molar-refractivity contribution is 5.91. The van der Waals surface area contributed by atoms with E-state index in [1.54, 1.807) is 30.7 Å². The number of ether oxygens (including phenoxy) is 2. The number of rotatable bonds is 10. The van der Waals surface area contributed by atoms with E-state index in [2.05, 4.69) is 25.2 Å². The van der Waals surface area contributed by atoms with Crippen LogP contribution in [0.4, 0.5) is 10.2 Å². The van der Waals surface area contributed by atoms with Gasteiger partial charge in [0.1, 0.15) is 12.4 Å². The fourth-order valence-corrected chi connectivity index (χ4v) is 5.04. The molecule has 1 saturated carbocycles. The van der Waals surface area contributed by atoms with Crippen LogP contribution < -0.4 is 15.0 Å². The number of fused-ring (bicyclic) bond motifs is 1. The number of pyridine rings is 1. The van der Waals surface area contributed by atoms with Gasteiger partial charge in [0.15, 0.2) is 0 Å². The molecule has 10 heteroatoms. The van der Waals surface area contributed by atoms with Crippen molar-refractivity contribution in [3.05, 3.63) is 48.4 Å². The number of piperidine rings is 1. The summed E-state index contributed by atoms with van der Waals surface area (Å²) in [5.74, 6) is 2.75.